The summed E-state index contributed by atoms with van der Waals surface area (Å²) in [4.78, 5) is 22.7. The number of carbonyl (C=O) groups excluding carboxylic acids is 2. The monoisotopic (exact) mass is 283 g/mol. The number of halogens is 1. The molecule has 1 rings (SSSR count). The van der Waals surface area contributed by atoms with E-state index in [4.69, 9.17) is 11.6 Å². The van der Waals surface area contributed by atoms with E-state index in [2.05, 4.69) is 14.8 Å². The lowest BCUT2D eigenvalue weighted by atomic mass is 10.2. The Balaban J connectivity index is 3.04. The van der Waals surface area contributed by atoms with Crippen molar-refractivity contribution in [2.75, 3.05) is 19.5 Å². The van der Waals surface area contributed by atoms with Gasteiger partial charge in [0.25, 0.3) is 0 Å². The molecule has 0 amide bonds. The second kappa shape index (κ2) is 6.80. The summed E-state index contributed by atoms with van der Waals surface area (Å²) in [5.74, 6) is -1.36. The van der Waals surface area contributed by atoms with E-state index in [0.717, 1.165) is 11.6 Å². The van der Waals surface area contributed by atoms with Crippen LogP contribution in [-0.4, -0.2) is 26.2 Å². The molecule has 0 saturated heterocycles. The van der Waals surface area contributed by atoms with Crippen LogP contribution >= 0.6 is 11.6 Å². The Labute approximate surface area is 116 Å². The van der Waals surface area contributed by atoms with Gasteiger partial charge in [-0.2, -0.15) is 0 Å². The van der Waals surface area contributed by atoms with Gasteiger partial charge in [-0.25, -0.2) is 9.59 Å². The molecule has 0 bridgehead atoms. The molecule has 0 unspecified atom stereocenters. The van der Waals surface area contributed by atoms with Gasteiger partial charge in [-0.05, 0) is 24.6 Å². The minimum atomic E-state index is -0.693. The number of aryl methyl sites for hydroxylation is 1. The predicted molar refractivity (Wildman–Crippen MR) is 71.9 cm³/mol. The first-order valence-electron chi connectivity index (χ1n) is 5.39. The molecule has 0 aliphatic rings. The summed E-state index contributed by atoms with van der Waals surface area (Å²) in [5.41, 5.74) is 1.42. The Kier molecular flexibility index (Phi) is 5.38. The first-order chi connectivity index (χ1) is 8.97. The van der Waals surface area contributed by atoms with Crippen LogP contribution < -0.4 is 5.32 Å². The fourth-order valence-electron chi connectivity index (χ4n) is 1.30. The van der Waals surface area contributed by atoms with Gasteiger partial charge in [0.05, 0.1) is 31.0 Å². The van der Waals surface area contributed by atoms with Gasteiger partial charge in [-0.3, -0.25) is 0 Å². The van der Waals surface area contributed by atoms with Gasteiger partial charge < -0.3 is 14.8 Å². The van der Waals surface area contributed by atoms with E-state index in [9.17, 15) is 9.59 Å². The maximum atomic E-state index is 11.5. The first-order valence-corrected chi connectivity index (χ1v) is 5.77. The third kappa shape index (κ3) is 4.30. The summed E-state index contributed by atoms with van der Waals surface area (Å²) in [7, 11) is 2.43. The largest absolute Gasteiger partial charge is 0.466 e. The molecule has 0 atom stereocenters. The van der Waals surface area contributed by atoms with Crippen LogP contribution in [0.5, 0.6) is 0 Å². The zero-order valence-corrected chi connectivity index (χ0v) is 11.6. The molecule has 19 heavy (non-hydrogen) atoms. The Morgan fingerprint density at radius 2 is 1.95 bits per heavy atom. The number of methoxy groups -OCH3 is 2. The molecule has 0 aliphatic carbocycles. The molecule has 1 aromatic rings. The van der Waals surface area contributed by atoms with Gasteiger partial charge >= 0.3 is 11.9 Å². The molecule has 1 aromatic carbocycles. The van der Waals surface area contributed by atoms with Crippen LogP contribution in [0.15, 0.2) is 30.0 Å². The van der Waals surface area contributed by atoms with Crippen molar-refractivity contribution in [3.63, 3.8) is 0 Å². The van der Waals surface area contributed by atoms with Crippen LogP contribution in [0.2, 0.25) is 5.02 Å². The fourth-order valence-corrected chi connectivity index (χ4v) is 1.58. The molecule has 0 radical (unpaired) electrons. The number of nitrogens with one attached hydrogen (secondary N) is 1. The van der Waals surface area contributed by atoms with Crippen molar-refractivity contribution >= 4 is 29.2 Å². The number of esters is 2. The van der Waals surface area contributed by atoms with E-state index < -0.39 is 11.9 Å². The molecule has 1 N–H and O–H groups in total. The van der Waals surface area contributed by atoms with Crippen LogP contribution in [0, 0.1) is 6.92 Å². The number of hydrogen-bond donors (Lipinski definition) is 1. The van der Waals surface area contributed by atoms with E-state index >= 15 is 0 Å². The lowest BCUT2D eigenvalue weighted by molar-refractivity contribution is -0.138. The summed E-state index contributed by atoms with van der Waals surface area (Å²) >= 11 is 6.03. The number of rotatable bonds is 4. The van der Waals surface area contributed by atoms with Gasteiger partial charge in [-0.1, -0.05) is 17.7 Å². The average Bonchev–Trinajstić information content (AvgIpc) is 2.39. The number of carbonyl (C=O) groups is 2. The average molecular weight is 284 g/mol. The van der Waals surface area contributed by atoms with E-state index in [1.165, 1.54) is 14.2 Å². The predicted octanol–water partition coefficient (Wildman–Crippen LogP) is 2.29. The lowest BCUT2D eigenvalue weighted by Gasteiger charge is -2.10. The molecule has 0 saturated carbocycles. The summed E-state index contributed by atoms with van der Waals surface area (Å²) in [5, 5.41) is 3.17. The Morgan fingerprint density at radius 1 is 1.26 bits per heavy atom. The van der Waals surface area contributed by atoms with Crippen LogP contribution in [0.4, 0.5) is 5.69 Å². The van der Waals surface area contributed by atoms with E-state index in [1.807, 2.05) is 13.0 Å². The highest BCUT2D eigenvalue weighted by atomic mass is 35.5. The minimum absolute atomic E-state index is 0.0555. The van der Waals surface area contributed by atoms with Gasteiger partial charge in [0, 0.05) is 0 Å². The molecule has 0 fully saturated rings. The zero-order valence-electron chi connectivity index (χ0n) is 10.8. The topological polar surface area (TPSA) is 64.6 Å². The Bertz CT molecular complexity index is 525. The highest BCUT2D eigenvalue weighted by Crippen LogP contribution is 2.24. The van der Waals surface area contributed by atoms with Crippen LogP contribution in [0.1, 0.15) is 5.56 Å². The number of ether oxygens (including phenoxy) is 2. The second-order valence-corrected chi connectivity index (χ2v) is 4.09. The zero-order chi connectivity index (χ0) is 14.4. The first kappa shape index (κ1) is 15.0. The number of benzene rings is 1. The van der Waals surface area contributed by atoms with Crippen LogP contribution in [-0.2, 0) is 19.1 Å². The van der Waals surface area contributed by atoms with E-state index in [1.54, 1.807) is 12.1 Å². The van der Waals surface area contributed by atoms with Crippen molar-refractivity contribution in [3.8, 4) is 0 Å². The summed E-state index contributed by atoms with van der Waals surface area (Å²) < 4.78 is 9.04. The third-order valence-corrected chi connectivity index (χ3v) is 2.58. The summed E-state index contributed by atoms with van der Waals surface area (Å²) in [6.45, 7) is 1.89. The summed E-state index contributed by atoms with van der Waals surface area (Å²) in [6.07, 6.45) is 1.00. The van der Waals surface area contributed by atoms with Crippen molar-refractivity contribution in [1.29, 1.82) is 0 Å². The molecule has 5 nitrogen and oxygen atoms in total. The maximum Gasteiger partial charge on any atom is 0.354 e. The molecule has 102 valence electrons. The highest BCUT2D eigenvalue weighted by Gasteiger charge is 2.14. The second-order valence-electron chi connectivity index (χ2n) is 3.68. The van der Waals surface area contributed by atoms with Gasteiger partial charge in [0.2, 0.25) is 0 Å². The van der Waals surface area contributed by atoms with Gasteiger partial charge in [0.1, 0.15) is 5.70 Å². The van der Waals surface area contributed by atoms with Crippen molar-refractivity contribution in [3.05, 3.63) is 40.6 Å². The SMILES string of the molecule is COC(=O)/C=C(/Nc1ccc(C)cc1Cl)C(=O)OC. The van der Waals surface area contributed by atoms with E-state index in [0.29, 0.717) is 10.7 Å². The molecule has 0 spiro atoms. The fraction of sp³-hybridized carbons (Fsp3) is 0.231. The molecule has 0 aromatic heterocycles. The minimum Gasteiger partial charge on any atom is -0.466 e. The normalized spacial score (nSPS) is 10.8. The smallest absolute Gasteiger partial charge is 0.354 e. The number of anilines is 1. The quantitative estimate of drug-likeness (QED) is 0.678. The van der Waals surface area contributed by atoms with Gasteiger partial charge in [0.15, 0.2) is 0 Å². The van der Waals surface area contributed by atoms with Crippen molar-refractivity contribution in [2.45, 2.75) is 6.92 Å². The van der Waals surface area contributed by atoms with Crippen LogP contribution in [0.3, 0.4) is 0 Å². The molecule has 6 heteroatoms. The third-order valence-electron chi connectivity index (χ3n) is 2.26. The van der Waals surface area contributed by atoms with Crippen molar-refractivity contribution in [1.82, 2.24) is 0 Å². The van der Waals surface area contributed by atoms with E-state index in [-0.39, 0.29) is 5.70 Å². The standard InChI is InChI=1S/C13H14ClNO4/c1-8-4-5-10(9(14)6-8)15-11(13(17)19-3)7-12(16)18-2/h4-7,15H,1-3H3/b11-7+. The molecule has 0 aliphatic heterocycles. The van der Waals surface area contributed by atoms with Crippen LogP contribution in [0.25, 0.3) is 0 Å². The number of hydrogen-bond acceptors (Lipinski definition) is 5. The van der Waals surface area contributed by atoms with Crippen molar-refractivity contribution in [2.24, 2.45) is 0 Å². The molecule has 0 heterocycles. The molecular weight excluding hydrogens is 270 g/mol. The summed E-state index contributed by atoms with van der Waals surface area (Å²) in [6, 6.07) is 5.25. The van der Waals surface area contributed by atoms with Crippen molar-refractivity contribution < 1.29 is 19.1 Å². The highest BCUT2D eigenvalue weighted by molar-refractivity contribution is 6.33. The Hall–Kier alpha value is -2.01. The maximum absolute atomic E-state index is 11.5. The molecular formula is C13H14ClNO4. The lowest BCUT2D eigenvalue weighted by Crippen LogP contribution is -2.15. The Morgan fingerprint density at radius 3 is 2.47 bits per heavy atom. The van der Waals surface area contributed by atoms with Gasteiger partial charge in [-0.15, -0.1) is 0 Å².